The van der Waals surface area contributed by atoms with E-state index in [1.807, 2.05) is 6.07 Å². The molecule has 1 aromatic heterocycles. The molecule has 0 aromatic carbocycles. The maximum absolute atomic E-state index is 11.0. The molecule has 1 N–H and O–H groups in total. The van der Waals surface area contributed by atoms with E-state index >= 15 is 0 Å². The summed E-state index contributed by atoms with van der Waals surface area (Å²) in [6.07, 6.45) is 7.97. The second-order valence-electron chi connectivity index (χ2n) is 6.25. The molecule has 1 aromatic rings. The molecular formula is C16H23NO3. The molecule has 1 aliphatic heterocycles. The zero-order chi connectivity index (χ0) is 14.1. The first-order valence-electron chi connectivity index (χ1n) is 7.72. The minimum Gasteiger partial charge on any atom is -0.475 e. The summed E-state index contributed by atoms with van der Waals surface area (Å²) in [7, 11) is 0. The van der Waals surface area contributed by atoms with Crippen molar-refractivity contribution in [3.63, 3.8) is 0 Å². The molecule has 0 bridgehead atoms. The number of carboxylic acid groups (broad SMARTS) is 1. The molecule has 0 unspecified atom stereocenters. The van der Waals surface area contributed by atoms with Crippen LogP contribution in [0, 0.1) is 12.8 Å². The number of hydrogen-bond donors (Lipinski definition) is 1. The summed E-state index contributed by atoms with van der Waals surface area (Å²) >= 11 is 0. The number of nitrogens with zero attached hydrogens (tertiary/aromatic N) is 1. The molecule has 1 saturated carbocycles. The number of rotatable bonds is 3. The molecule has 2 heterocycles. The summed E-state index contributed by atoms with van der Waals surface area (Å²) in [6, 6.07) is 2.56. The monoisotopic (exact) mass is 277 g/mol. The van der Waals surface area contributed by atoms with Gasteiger partial charge in [0.25, 0.3) is 0 Å². The van der Waals surface area contributed by atoms with Crippen LogP contribution in [0.25, 0.3) is 0 Å². The number of aryl methyl sites for hydroxylation is 1. The third-order valence-corrected chi connectivity index (χ3v) is 4.88. The molecule has 2 aliphatic rings. The van der Waals surface area contributed by atoms with Gasteiger partial charge in [0.2, 0.25) is 5.76 Å². The molecule has 0 spiro atoms. The van der Waals surface area contributed by atoms with Crippen LogP contribution < -0.4 is 0 Å². The lowest BCUT2D eigenvalue weighted by Crippen LogP contribution is -2.46. The molecule has 1 saturated heterocycles. The van der Waals surface area contributed by atoms with Crippen LogP contribution in [0.4, 0.5) is 0 Å². The van der Waals surface area contributed by atoms with Gasteiger partial charge < -0.3 is 9.52 Å². The average Bonchev–Trinajstić information content (AvgIpc) is 2.80. The van der Waals surface area contributed by atoms with Crippen molar-refractivity contribution < 1.29 is 14.3 Å². The molecule has 4 nitrogen and oxygen atoms in total. The van der Waals surface area contributed by atoms with Gasteiger partial charge >= 0.3 is 5.97 Å². The molecule has 0 amide bonds. The smallest absolute Gasteiger partial charge is 0.372 e. The van der Waals surface area contributed by atoms with E-state index in [1.165, 1.54) is 38.5 Å². The largest absolute Gasteiger partial charge is 0.475 e. The van der Waals surface area contributed by atoms with E-state index in [4.69, 9.17) is 9.52 Å². The summed E-state index contributed by atoms with van der Waals surface area (Å²) in [6.45, 7) is 3.68. The van der Waals surface area contributed by atoms with Crippen molar-refractivity contribution in [3.05, 3.63) is 23.2 Å². The Bertz CT molecular complexity index is 492. The minimum atomic E-state index is -0.970. The van der Waals surface area contributed by atoms with Gasteiger partial charge in [0.1, 0.15) is 5.76 Å². The minimum absolute atomic E-state index is 0.0946. The Morgan fingerprint density at radius 2 is 2.10 bits per heavy atom. The molecule has 2 atom stereocenters. The zero-order valence-electron chi connectivity index (χ0n) is 12.1. The van der Waals surface area contributed by atoms with Crippen LogP contribution in [0.1, 0.15) is 60.4 Å². The predicted octanol–water partition coefficient (Wildman–Crippen LogP) is 3.44. The second kappa shape index (κ2) is 5.60. The Hall–Kier alpha value is -1.29. The third kappa shape index (κ3) is 2.62. The van der Waals surface area contributed by atoms with Crippen molar-refractivity contribution in [2.24, 2.45) is 5.92 Å². The summed E-state index contributed by atoms with van der Waals surface area (Å²) < 4.78 is 5.52. The quantitative estimate of drug-likeness (QED) is 0.919. The van der Waals surface area contributed by atoms with Crippen LogP contribution in [-0.4, -0.2) is 28.6 Å². The lowest BCUT2D eigenvalue weighted by molar-refractivity contribution is 0.0480. The Morgan fingerprint density at radius 3 is 2.85 bits per heavy atom. The normalized spacial score (nSPS) is 27.2. The fourth-order valence-electron chi connectivity index (χ4n) is 3.96. The molecule has 1 aliphatic carbocycles. The average molecular weight is 277 g/mol. The number of fused-ring (bicyclic) bond motifs is 1. The van der Waals surface area contributed by atoms with Gasteiger partial charge in [0.05, 0.1) is 6.54 Å². The number of furan rings is 1. The zero-order valence-corrected chi connectivity index (χ0v) is 12.1. The Balaban J connectivity index is 1.73. The van der Waals surface area contributed by atoms with Crippen LogP contribution in [0.15, 0.2) is 10.5 Å². The number of carboxylic acids is 1. The Morgan fingerprint density at radius 1 is 1.35 bits per heavy atom. The first kappa shape index (κ1) is 13.7. The lowest BCUT2D eigenvalue weighted by atomic mass is 9.78. The highest BCUT2D eigenvalue weighted by Gasteiger charge is 2.33. The Labute approximate surface area is 119 Å². The first-order chi connectivity index (χ1) is 9.65. The second-order valence-corrected chi connectivity index (χ2v) is 6.25. The van der Waals surface area contributed by atoms with Gasteiger partial charge in [0, 0.05) is 11.6 Å². The number of piperidine rings is 1. The van der Waals surface area contributed by atoms with Crippen LogP contribution >= 0.6 is 0 Å². The Kier molecular flexibility index (Phi) is 3.83. The number of carbonyl (C=O) groups is 1. The van der Waals surface area contributed by atoms with Crippen molar-refractivity contribution >= 4 is 5.97 Å². The van der Waals surface area contributed by atoms with Crippen molar-refractivity contribution in [1.29, 1.82) is 0 Å². The van der Waals surface area contributed by atoms with E-state index in [2.05, 4.69) is 4.90 Å². The van der Waals surface area contributed by atoms with Crippen LogP contribution in [0.3, 0.4) is 0 Å². The maximum Gasteiger partial charge on any atom is 0.372 e. The van der Waals surface area contributed by atoms with Gasteiger partial charge in [0.15, 0.2) is 0 Å². The van der Waals surface area contributed by atoms with Crippen molar-refractivity contribution in [1.82, 2.24) is 4.90 Å². The van der Waals surface area contributed by atoms with Gasteiger partial charge in [-0.15, -0.1) is 0 Å². The summed E-state index contributed by atoms with van der Waals surface area (Å²) in [5, 5.41) is 9.06. The van der Waals surface area contributed by atoms with Gasteiger partial charge in [-0.25, -0.2) is 4.79 Å². The van der Waals surface area contributed by atoms with E-state index in [-0.39, 0.29) is 5.76 Å². The van der Waals surface area contributed by atoms with E-state index in [1.54, 1.807) is 6.92 Å². The fourth-order valence-corrected chi connectivity index (χ4v) is 3.96. The van der Waals surface area contributed by atoms with Gasteiger partial charge in [-0.3, -0.25) is 4.90 Å². The summed E-state index contributed by atoms with van der Waals surface area (Å²) in [5.41, 5.74) is 0.727. The highest BCUT2D eigenvalue weighted by molar-refractivity contribution is 5.86. The number of aromatic carboxylic acids is 1. The predicted molar refractivity (Wildman–Crippen MR) is 75.8 cm³/mol. The van der Waals surface area contributed by atoms with Crippen molar-refractivity contribution in [2.75, 3.05) is 6.54 Å². The van der Waals surface area contributed by atoms with E-state index in [0.29, 0.717) is 6.04 Å². The molecule has 110 valence electrons. The number of likely N-dealkylation sites (tertiary alicyclic amines) is 1. The molecule has 3 rings (SSSR count). The van der Waals surface area contributed by atoms with E-state index in [0.717, 1.165) is 30.3 Å². The fraction of sp³-hybridized carbons (Fsp3) is 0.688. The van der Waals surface area contributed by atoms with Gasteiger partial charge in [-0.1, -0.05) is 12.8 Å². The van der Waals surface area contributed by atoms with Crippen LogP contribution in [-0.2, 0) is 6.54 Å². The molecule has 2 fully saturated rings. The molecule has 4 heteroatoms. The third-order valence-electron chi connectivity index (χ3n) is 4.88. The van der Waals surface area contributed by atoms with Crippen molar-refractivity contribution in [2.45, 2.75) is 58.0 Å². The van der Waals surface area contributed by atoms with E-state index in [9.17, 15) is 4.79 Å². The SMILES string of the molecule is Cc1cc(CN2CCC[C@H]3CCCC[C@H]32)oc1C(=O)O. The summed E-state index contributed by atoms with van der Waals surface area (Å²) in [4.78, 5) is 13.6. The number of hydrogen-bond acceptors (Lipinski definition) is 3. The highest BCUT2D eigenvalue weighted by atomic mass is 16.4. The molecule has 0 radical (unpaired) electrons. The van der Waals surface area contributed by atoms with Gasteiger partial charge in [-0.05, 0) is 51.1 Å². The lowest BCUT2D eigenvalue weighted by Gasteiger charge is -2.43. The maximum atomic E-state index is 11.0. The van der Waals surface area contributed by atoms with E-state index < -0.39 is 5.97 Å². The molecular weight excluding hydrogens is 254 g/mol. The van der Waals surface area contributed by atoms with Crippen LogP contribution in [0.5, 0.6) is 0 Å². The first-order valence-corrected chi connectivity index (χ1v) is 7.72. The molecule has 20 heavy (non-hydrogen) atoms. The standard InChI is InChI=1S/C16H23NO3/c1-11-9-13(20-15(11)16(18)19)10-17-8-4-6-12-5-2-3-7-14(12)17/h9,12,14H,2-8,10H2,1H3,(H,18,19)/t12-,14-/m1/s1. The summed E-state index contributed by atoms with van der Waals surface area (Å²) in [5.74, 6) is 0.763. The topological polar surface area (TPSA) is 53.7 Å². The van der Waals surface area contributed by atoms with Crippen molar-refractivity contribution in [3.8, 4) is 0 Å². The van der Waals surface area contributed by atoms with Gasteiger partial charge in [-0.2, -0.15) is 0 Å². The highest BCUT2D eigenvalue weighted by Crippen LogP contribution is 2.36. The van der Waals surface area contributed by atoms with Crippen LogP contribution in [0.2, 0.25) is 0 Å².